The van der Waals surface area contributed by atoms with Crippen LogP contribution < -0.4 is 10.2 Å². The van der Waals surface area contributed by atoms with E-state index in [-0.39, 0.29) is 30.0 Å². The predicted octanol–water partition coefficient (Wildman–Crippen LogP) is 2.41. The number of aliphatic carboxylic acids is 1. The zero-order valence-corrected chi connectivity index (χ0v) is 21.0. The summed E-state index contributed by atoms with van der Waals surface area (Å²) in [6.07, 6.45) is 0.649. The Bertz CT molecular complexity index is 1220. The van der Waals surface area contributed by atoms with Crippen molar-refractivity contribution >= 4 is 33.3 Å². The molecule has 194 valence electrons. The standard InChI is InChI=1S/C24H30N4O7S/c1-3-26(4-2)20-13-12-18(16-22(20)28(32)33)36(34,35)27-14-8-11-21(27)23(29)25-19(24(30)31)15-17-9-6-5-7-10-17/h5-7,9-10,12-13,16,19,21H,3-4,8,11,14-15H2,1-2H3,(H,25,29)(H,30,31). The van der Waals surface area contributed by atoms with Gasteiger partial charge >= 0.3 is 5.97 Å². The molecule has 2 aromatic carbocycles. The van der Waals surface area contributed by atoms with E-state index in [9.17, 15) is 33.2 Å². The van der Waals surface area contributed by atoms with E-state index in [2.05, 4.69) is 5.32 Å². The highest BCUT2D eigenvalue weighted by Crippen LogP contribution is 2.33. The fourth-order valence-corrected chi connectivity index (χ4v) is 6.06. The molecular weight excluding hydrogens is 488 g/mol. The largest absolute Gasteiger partial charge is 0.480 e. The van der Waals surface area contributed by atoms with Gasteiger partial charge < -0.3 is 15.3 Å². The molecule has 0 aromatic heterocycles. The van der Waals surface area contributed by atoms with E-state index in [0.717, 1.165) is 10.4 Å². The van der Waals surface area contributed by atoms with Crippen LogP contribution in [-0.2, 0) is 26.0 Å². The van der Waals surface area contributed by atoms with Crippen molar-refractivity contribution in [1.82, 2.24) is 9.62 Å². The van der Waals surface area contributed by atoms with Crippen molar-refractivity contribution in [1.29, 1.82) is 0 Å². The van der Waals surface area contributed by atoms with Gasteiger partial charge in [0.2, 0.25) is 15.9 Å². The smallest absolute Gasteiger partial charge is 0.326 e. The molecule has 2 N–H and O–H groups in total. The molecule has 0 aliphatic carbocycles. The fourth-order valence-electron chi connectivity index (χ4n) is 4.38. The summed E-state index contributed by atoms with van der Waals surface area (Å²) >= 11 is 0. The van der Waals surface area contributed by atoms with E-state index in [4.69, 9.17) is 0 Å². The number of nitrogens with zero attached hydrogens (tertiary/aromatic N) is 3. The molecule has 3 rings (SSSR count). The Hall–Kier alpha value is -3.51. The average molecular weight is 519 g/mol. The highest BCUT2D eigenvalue weighted by atomic mass is 32.2. The minimum absolute atomic E-state index is 0.0421. The van der Waals surface area contributed by atoms with Crippen LogP contribution in [0.15, 0.2) is 53.4 Å². The molecular formula is C24H30N4O7S. The zero-order valence-electron chi connectivity index (χ0n) is 20.2. The summed E-state index contributed by atoms with van der Waals surface area (Å²) in [5.74, 6) is -1.95. The Balaban J connectivity index is 1.86. The highest BCUT2D eigenvalue weighted by molar-refractivity contribution is 7.89. The van der Waals surface area contributed by atoms with Gasteiger partial charge in [0.25, 0.3) is 5.69 Å². The number of hydrogen-bond donors (Lipinski definition) is 2. The number of nitro groups is 1. The maximum Gasteiger partial charge on any atom is 0.326 e. The number of nitrogens with one attached hydrogen (secondary N) is 1. The molecule has 1 aliphatic heterocycles. The third-order valence-corrected chi connectivity index (χ3v) is 8.16. The first-order valence-corrected chi connectivity index (χ1v) is 13.2. The van der Waals surface area contributed by atoms with Gasteiger partial charge in [-0.2, -0.15) is 4.31 Å². The lowest BCUT2D eigenvalue weighted by atomic mass is 10.1. The van der Waals surface area contributed by atoms with Crippen molar-refractivity contribution in [2.75, 3.05) is 24.5 Å². The summed E-state index contributed by atoms with van der Waals surface area (Å²) in [4.78, 5) is 37.4. The number of rotatable bonds is 11. The van der Waals surface area contributed by atoms with Crippen molar-refractivity contribution in [2.24, 2.45) is 0 Å². The number of anilines is 1. The molecule has 1 amide bonds. The third-order valence-electron chi connectivity index (χ3n) is 6.26. The van der Waals surface area contributed by atoms with Crippen LogP contribution in [0.5, 0.6) is 0 Å². The van der Waals surface area contributed by atoms with E-state index in [1.807, 2.05) is 13.8 Å². The molecule has 1 fully saturated rings. The second-order valence-electron chi connectivity index (χ2n) is 8.44. The van der Waals surface area contributed by atoms with Crippen LogP contribution in [-0.4, -0.2) is 66.3 Å². The van der Waals surface area contributed by atoms with E-state index in [0.29, 0.717) is 30.8 Å². The molecule has 1 saturated heterocycles. The minimum Gasteiger partial charge on any atom is -0.480 e. The Morgan fingerprint density at radius 2 is 1.86 bits per heavy atom. The molecule has 0 bridgehead atoms. The topological polar surface area (TPSA) is 150 Å². The number of benzene rings is 2. The summed E-state index contributed by atoms with van der Waals surface area (Å²) in [7, 11) is -4.26. The van der Waals surface area contributed by atoms with Gasteiger partial charge in [0.15, 0.2) is 0 Å². The number of carbonyl (C=O) groups is 2. The van der Waals surface area contributed by atoms with Gasteiger partial charge in [-0.15, -0.1) is 0 Å². The summed E-state index contributed by atoms with van der Waals surface area (Å²) in [5, 5.41) is 23.8. The second-order valence-corrected chi connectivity index (χ2v) is 10.3. The van der Waals surface area contributed by atoms with Gasteiger partial charge in [0.05, 0.1) is 9.82 Å². The average Bonchev–Trinajstić information content (AvgIpc) is 3.36. The quantitative estimate of drug-likeness (QED) is 0.340. The monoisotopic (exact) mass is 518 g/mol. The molecule has 11 nitrogen and oxygen atoms in total. The van der Waals surface area contributed by atoms with Gasteiger partial charge in [0.1, 0.15) is 17.8 Å². The number of carboxylic acid groups (broad SMARTS) is 1. The lowest BCUT2D eigenvalue weighted by molar-refractivity contribution is -0.384. The predicted molar refractivity (Wildman–Crippen MR) is 133 cm³/mol. The van der Waals surface area contributed by atoms with Crippen LogP contribution in [0.3, 0.4) is 0 Å². The first-order chi connectivity index (χ1) is 17.1. The lowest BCUT2D eigenvalue weighted by Gasteiger charge is -2.26. The fraction of sp³-hybridized carbons (Fsp3) is 0.417. The lowest BCUT2D eigenvalue weighted by Crippen LogP contribution is -2.51. The summed E-state index contributed by atoms with van der Waals surface area (Å²) in [5.41, 5.74) is 0.681. The van der Waals surface area contributed by atoms with Crippen molar-refractivity contribution in [3.8, 4) is 0 Å². The van der Waals surface area contributed by atoms with Gasteiger partial charge in [-0.3, -0.25) is 14.9 Å². The number of nitro benzene ring substituents is 1. The molecule has 36 heavy (non-hydrogen) atoms. The molecule has 2 aromatic rings. The first kappa shape index (κ1) is 27.1. The van der Waals surface area contributed by atoms with Gasteiger partial charge in [-0.1, -0.05) is 30.3 Å². The Labute approximate surface area is 209 Å². The van der Waals surface area contributed by atoms with E-state index in [1.165, 1.54) is 12.1 Å². The van der Waals surface area contributed by atoms with Crippen LogP contribution in [0, 0.1) is 10.1 Å². The van der Waals surface area contributed by atoms with Gasteiger partial charge in [0, 0.05) is 32.1 Å². The Morgan fingerprint density at radius 3 is 2.44 bits per heavy atom. The molecule has 2 unspecified atom stereocenters. The number of carboxylic acids is 1. The molecule has 1 heterocycles. The number of amides is 1. The van der Waals surface area contributed by atoms with Crippen molar-refractivity contribution in [3.05, 3.63) is 64.2 Å². The highest BCUT2D eigenvalue weighted by Gasteiger charge is 2.41. The SMILES string of the molecule is CCN(CC)c1ccc(S(=O)(=O)N2CCCC2C(=O)NC(Cc2ccccc2)C(=O)O)cc1[N+](=O)[O-]. The third kappa shape index (κ3) is 5.82. The summed E-state index contributed by atoms with van der Waals surface area (Å²) in [6, 6.07) is 10.2. The Kier molecular flexibility index (Phi) is 8.64. The molecule has 1 aliphatic rings. The maximum atomic E-state index is 13.4. The molecule has 0 spiro atoms. The first-order valence-electron chi connectivity index (χ1n) is 11.7. The number of carbonyl (C=O) groups excluding carboxylic acids is 1. The minimum atomic E-state index is -4.26. The van der Waals surface area contributed by atoms with Gasteiger partial charge in [-0.05, 0) is 44.4 Å². The van der Waals surface area contributed by atoms with Crippen molar-refractivity contribution in [3.63, 3.8) is 0 Å². The van der Waals surface area contributed by atoms with Crippen LogP contribution in [0.4, 0.5) is 11.4 Å². The Morgan fingerprint density at radius 1 is 1.19 bits per heavy atom. The van der Waals surface area contributed by atoms with E-state index < -0.39 is 38.9 Å². The number of sulfonamides is 1. The van der Waals surface area contributed by atoms with Crippen LogP contribution >= 0.6 is 0 Å². The van der Waals surface area contributed by atoms with E-state index in [1.54, 1.807) is 35.2 Å². The van der Waals surface area contributed by atoms with Crippen LogP contribution in [0.2, 0.25) is 0 Å². The molecule has 0 radical (unpaired) electrons. The van der Waals surface area contributed by atoms with Crippen molar-refractivity contribution in [2.45, 2.75) is 50.1 Å². The van der Waals surface area contributed by atoms with E-state index >= 15 is 0 Å². The molecule has 2 atom stereocenters. The summed E-state index contributed by atoms with van der Waals surface area (Å²) < 4.78 is 27.9. The van der Waals surface area contributed by atoms with Crippen molar-refractivity contribution < 1.29 is 28.0 Å². The summed E-state index contributed by atoms with van der Waals surface area (Å²) in [6.45, 7) is 4.74. The molecule has 0 saturated carbocycles. The molecule has 12 heteroatoms. The van der Waals surface area contributed by atoms with Crippen LogP contribution in [0.25, 0.3) is 0 Å². The normalized spacial score (nSPS) is 16.9. The maximum absolute atomic E-state index is 13.4. The van der Waals surface area contributed by atoms with Gasteiger partial charge in [-0.25, -0.2) is 13.2 Å². The number of hydrogen-bond acceptors (Lipinski definition) is 7. The zero-order chi connectivity index (χ0) is 26.5. The second kappa shape index (κ2) is 11.5. The van der Waals surface area contributed by atoms with Crippen LogP contribution in [0.1, 0.15) is 32.3 Å².